The first-order valence-electron chi connectivity index (χ1n) is 13.4. The molecule has 1 aliphatic heterocycles. The first-order chi connectivity index (χ1) is 20.5. The minimum Gasteiger partial charge on any atom is -0.338 e. The first kappa shape index (κ1) is 30.0. The Hall–Kier alpha value is -4.49. The molecule has 1 saturated heterocycles. The number of amides is 2. The molecule has 224 valence electrons. The zero-order valence-electron chi connectivity index (χ0n) is 23.4. The largest absolute Gasteiger partial charge is 0.417 e. The van der Waals surface area contributed by atoms with Gasteiger partial charge in [0.25, 0.3) is 0 Å². The van der Waals surface area contributed by atoms with Crippen LogP contribution in [-0.2, 0) is 12.7 Å². The van der Waals surface area contributed by atoms with Crippen LogP contribution in [0.4, 0.5) is 46.9 Å². The molecule has 0 atom stereocenters. The number of nitrogens with one attached hydrogen (secondary N) is 3. The molecule has 43 heavy (non-hydrogen) atoms. The summed E-state index contributed by atoms with van der Waals surface area (Å²) in [6, 6.07) is 11.6. The predicted molar refractivity (Wildman–Crippen MR) is 160 cm³/mol. The van der Waals surface area contributed by atoms with E-state index in [-0.39, 0.29) is 5.69 Å². The summed E-state index contributed by atoms with van der Waals surface area (Å²) >= 11 is 5.67. The van der Waals surface area contributed by atoms with Crippen molar-refractivity contribution in [2.75, 3.05) is 47.0 Å². The fraction of sp³-hybridized carbons (Fsp3) is 0.276. The topological polar surface area (TPSA) is 111 Å². The molecule has 3 N–H and O–H groups in total. The van der Waals surface area contributed by atoms with Crippen molar-refractivity contribution in [1.29, 1.82) is 0 Å². The minimum atomic E-state index is -4.65. The van der Waals surface area contributed by atoms with E-state index < -0.39 is 22.8 Å². The molecule has 0 bridgehead atoms. The average molecular weight is 612 g/mol. The van der Waals surface area contributed by atoms with Crippen LogP contribution in [0.25, 0.3) is 0 Å². The lowest BCUT2D eigenvalue weighted by molar-refractivity contribution is -0.137. The summed E-state index contributed by atoms with van der Waals surface area (Å²) in [6.45, 7) is 7.78. The van der Waals surface area contributed by atoms with Crippen LogP contribution in [0.3, 0.4) is 0 Å². The van der Waals surface area contributed by atoms with Gasteiger partial charge in [0.05, 0.1) is 10.6 Å². The predicted octanol–water partition coefficient (Wildman–Crippen LogP) is 6.27. The molecule has 0 radical (unpaired) electrons. The Kier molecular flexibility index (Phi) is 8.92. The fourth-order valence-electron chi connectivity index (χ4n) is 4.59. The van der Waals surface area contributed by atoms with Crippen LogP contribution in [0.2, 0.25) is 5.02 Å². The van der Waals surface area contributed by atoms with Gasteiger partial charge in [-0.2, -0.15) is 28.1 Å². The molecule has 10 nitrogen and oxygen atoms in total. The number of rotatable bonds is 7. The summed E-state index contributed by atoms with van der Waals surface area (Å²) in [5.74, 6) is 1.48. The van der Waals surface area contributed by atoms with Crippen LogP contribution in [0.15, 0.2) is 60.9 Å². The number of hydrogen-bond donors (Lipinski definition) is 3. The average Bonchev–Trinajstić information content (AvgIpc) is 2.96. The minimum absolute atomic E-state index is 0.0499. The lowest BCUT2D eigenvalue weighted by Crippen LogP contribution is -2.46. The van der Waals surface area contributed by atoms with Crippen LogP contribution < -0.4 is 20.9 Å². The Bertz CT molecular complexity index is 1600. The van der Waals surface area contributed by atoms with Crippen LogP contribution >= 0.6 is 11.6 Å². The summed E-state index contributed by atoms with van der Waals surface area (Å²) in [4.78, 5) is 34.8. The van der Waals surface area contributed by atoms with E-state index in [4.69, 9.17) is 11.6 Å². The van der Waals surface area contributed by atoms with Gasteiger partial charge in [-0.25, -0.2) is 4.79 Å². The third-order valence-corrected chi connectivity index (χ3v) is 7.15. The monoisotopic (exact) mass is 611 g/mol. The molecule has 14 heteroatoms. The Morgan fingerprint density at radius 2 is 1.58 bits per heavy atom. The van der Waals surface area contributed by atoms with Gasteiger partial charge in [-0.05, 0) is 67.4 Å². The lowest BCUT2D eigenvalue weighted by atomic mass is 10.2. The van der Waals surface area contributed by atoms with E-state index in [1.165, 1.54) is 11.6 Å². The van der Waals surface area contributed by atoms with E-state index >= 15 is 0 Å². The van der Waals surface area contributed by atoms with Gasteiger partial charge >= 0.3 is 12.2 Å². The van der Waals surface area contributed by atoms with Crippen molar-refractivity contribution in [3.05, 3.63) is 88.5 Å². The van der Waals surface area contributed by atoms with Gasteiger partial charge in [0.15, 0.2) is 0 Å². The molecule has 2 aromatic heterocycles. The molecule has 0 aliphatic carbocycles. The van der Waals surface area contributed by atoms with Gasteiger partial charge in [-0.15, -0.1) is 0 Å². The summed E-state index contributed by atoms with van der Waals surface area (Å²) in [6.07, 6.45) is -1.05. The summed E-state index contributed by atoms with van der Waals surface area (Å²) in [5.41, 5.74) is 2.05. The van der Waals surface area contributed by atoms with Crippen molar-refractivity contribution in [2.24, 2.45) is 0 Å². The molecule has 1 fully saturated rings. The van der Waals surface area contributed by atoms with E-state index in [1.807, 2.05) is 19.1 Å². The van der Waals surface area contributed by atoms with Crippen LogP contribution in [0.1, 0.15) is 22.5 Å². The molecule has 0 spiro atoms. The summed E-state index contributed by atoms with van der Waals surface area (Å²) < 4.78 is 39.5. The van der Waals surface area contributed by atoms with Crippen LogP contribution in [0, 0.1) is 13.8 Å². The highest BCUT2D eigenvalue weighted by Crippen LogP contribution is 2.36. The number of alkyl halides is 3. The van der Waals surface area contributed by atoms with E-state index in [1.54, 1.807) is 37.5 Å². The van der Waals surface area contributed by atoms with E-state index in [0.29, 0.717) is 29.1 Å². The van der Waals surface area contributed by atoms with Crippen molar-refractivity contribution < 1.29 is 18.0 Å². The molecule has 2 aromatic carbocycles. The van der Waals surface area contributed by atoms with Crippen LogP contribution in [-0.4, -0.2) is 57.0 Å². The van der Waals surface area contributed by atoms with Crippen molar-refractivity contribution >= 4 is 46.6 Å². The first-order valence-corrected chi connectivity index (χ1v) is 13.8. The zero-order valence-corrected chi connectivity index (χ0v) is 24.2. The van der Waals surface area contributed by atoms with Gasteiger partial charge < -0.3 is 20.9 Å². The fourth-order valence-corrected chi connectivity index (χ4v) is 4.81. The summed E-state index contributed by atoms with van der Waals surface area (Å²) in [5, 5.41) is 7.81. The third-order valence-electron chi connectivity index (χ3n) is 6.82. The van der Waals surface area contributed by atoms with Gasteiger partial charge in [0.1, 0.15) is 5.82 Å². The number of nitrogens with zero attached hydrogens (tertiary/aromatic N) is 6. The second-order valence-electron chi connectivity index (χ2n) is 10.1. The highest BCUT2D eigenvalue weighted by molar-refractivity contribution is 6.31. The molecule has 1 aliphatic rings. The number of carbonyl (C=O) groups excluding carboxylic acids is 1. The maximum atomic E-state index is 13.2. The van der Waals surface area contributed by atoms with Gasteiger partial charge in [0.2, 0.25) is 11.9 Å². The number of pyridine rings is 1. The maximum Gasteiger partial charge on any atom is 0.417 e. The van der Waals surface area contributed by atoms with E-state index in [2.05, 4.69) is 45.7 Å². The molecular weight excluding hydrogens is 583 g/mol. The molecule has 0 saturated carbocycles. The number of benzene rings is 2. The highest BCUT2D eigenvalue weighted by atomic mass is 35.5. The van der Waals surface area contributed by atoms with Crippen molar-refractivity contribution in [3.8, 4) is 0 Å². The lowest BCUT2D eigenvalue weighted by Gasteiger charge is -2.34. The number of urea groups is 1. The van der Waals surface area contributed by atoms with Crippen molar-refractivity contribution in [1.82, 2.24) is 24.8 Å². The Labute approximate surface area is 251 Å². The van der Waals surface area contributed by atoms with E-state index in [9.17, 15) is 18.0 Å². The van der Waals surface area contributed by atoms with Crippen molar-refractivity contribution in [2.45, 2.75) is 26.6 Å². The Morgan fingerprint density at radius 1 is 0.907 bits per heavy atom. The summed E-state index contributed by atoms with van der Waals surface area (Å²) in [7, 11) is 0. The van der Waals surface area contributed by atoms with Gasteiger partial charge in [-0.3, -0.25) is 9.88 Å². The standard InChI is InChI=1S/C29H29ClF3N9O/c1-18-3-4-22(38-28(43)37-21-5-6-24(30)23(15-21)29(31,32)33)16-25(18)39-26-35-19(2)36-27(40-26)42-13-11-41(12-14-42)17-20-7-9-34-10-8-20/h3-10,15-16H,11-14,17H2,1-2H3,(H2,37,38,43)(H,35,36,39,40). The molecule has 3 heterocycles. The molecule has 2 amide bonds. The van der Waals surface area contributed by atoms with Crippen molar-refractivity contribution in [3.63, 3.8) is 0 Å². The SMILES string of the molecule is Cc1nc(Nc2cc(NC(=O)Nc3ccc(Cl)c(C(F)(F)F)c3)ccc2C)nc(N2CCN(Cc3ccncc3)CC2)n1. The quantitative estimate of drug-likeness (QED) is 0.224. The molecular formula is C29H29ClF3N9O. The maximum absolute atomic E-state index is 13.2. The zero-order chi connectivity index (χ0) is 30.6. The number of hydrogen-bond acceptors (Lipinski definition) is 8. The number of piperazine rings is 1. The smallest absolute Gasteiger partial charge is 0.338 e. The molecule has 5 rings (SSSR count). The number of anilines is 5. The number of carbonyl (C=O) groups is 1. The van der Waals surface area contributed by atoms with Crippen LogP contribution in [0.5, 0.6) is 0 Å². The second kappa shape index (κ2) is 12.8. The Morgan fingerprint density at radius 3 is 2.28 bits per heavy atom. The number of halogens is 4. The van der Waals surface area contributed by atoms with Gasteiger partial charge in [0, 0.05) is 62.2 Å². The third kappa shape index (κ3) is 7.87. The Balaban J connectivity index is 1.23. The molecule has 0 unspecified atom stereocenters. The highest BCUT2D eigenvalue weighted by Gasteiger charge is 2.33. The normalized spacial score (nSPS) is 14.0. The number of aromatic nitrogens is 4. The van der Waals surface area contributed by atoms with E-state index in [0.717, 1.165) is 50.4 Å². The van der Waals surface area contributed by atoms with Gasteiger partial charge in [-0.1, -0.05) is 17.7 Å². The number of aryl methyl sites for hydroxylation is 2. The second-order valence-corrected chi connectivity index (χ2v) is 10.5. The molecule has 4 aromatic rings.